The number of rotatable bonds is 9. The van der Waals surface area contributed by atoms with Gasteiger partial charge in [-0.15, -0.1) is 0 Å². The van der Waals surface area contributed by atoms with Crippen LogP contribution < -0.4 is 0 Å². The molecule has 2 heterocycles. The molecule has 2 aliphatic heterocycles. The van der Waals surface area contributed by atoms with Gasteiger partial charge in [-0.05, 0) is 82.3 Å². The first-order valence-electron chi connectivity index (χ1n) is 14.2. The molecule has 0 radical (unpaired) electrons. The van der Waals surface area contributed by atoms with E-state index in [1.165, 1.54) is 5.41 Å². The lowest BCUT2D eigenvalue weighted by atomic mass is 9.66. The number of nitrogens with zero attached hydrogens (tertiary/aromatic N) is 1. The molecule has 0 saturated carbocycles. The van der Waals surface area contributed by atoms with E-state index >= 15 is 0 Å². The largest absolute Gasteiger partial charge is 0.348 e. The van der Waals surface area contributed by atoms with Gasteiger partial charge in [0.05, 0.1) is 30.0 Å². The van der Waals surface area contributed by atoms with E-state index in [9.17, 15) is 13.2 Å². The van der Waals surface area contributed by atoms with Gasteiger partial charge >= 0.3 is 0 Å². The van der Waals surface area contributed by atoms with Crippen LogP contribution in [0.2, 0.25) is 10.0 Å². The number of hydrogen-bond acceptors (Lipinski definition) is 5. The van der Waals surface area contributed by atoms with Gasteiger partial charge in [-0.1, -0.05) is 67.4 Å². The van der Waals surface area contributed by atoms with Gasteiger partial charge in [0.1, 0.15) is 0 Å². The average Bonchev–Trinajstić information content (AvgIpc) is 3.24. The fourth-order valence-corrected chi connectivity index (χ4v) is 7.12. The highest BCUT2D eigenvalue weighted by atomic mass is 35.5. The van der Waals surface area contributed by atoms with E-state index in [0.717, 1.165) is 11.1 Å². The van der Waals surface area contributed by atoms with Crippen molar-refractivity contribution in [1.29, 1.82) is 0 Å². The summed E-state index contributed by atoms with van der Waals surface area (Å²) >= 11 is 12.8. The summed E-state index contributed by atoms with van der Waals surface area (Å²) in [5.74, 6) is -0.879. The minimum absolute atomic E-state index is 0.0394. The molecule has 0 spiro atoms. The lowest BCUT2D eigenvalue weighted by molar-refractivity contribution is -0.161. The van der Waals surface area contributed by atoms with Gasteiger partial charge < -0.3 is 14.4 Å². The minimum Gasteiger partial charge on any atom is -0.348 e. The zero-order valence-corrected chi connectivity index (χ0v) is 27.0. The Kier molecular flexibility index (Phi) is 9.66. The molecule has 0 aromatic heterocycles. The fraction of sp³-hybridized carbons (Fsp3) is 0.531. The van der Waals surface area contributed by atoms with Gasteiger partial charge in [0.25, 0.3) is 0 Å². The molecule has 9 heteroatoms. The number of ether oxygens (including phenoxy) is 2. The molecule has 224 valence electrons. The van der Waals surface area contributed by atoms with E-state index < -0.39 is 32.3 Å². The van der Waals surface area contributed by atoms with Crippen molar-refractivity contribution >= 4 is 38.9 Å². The summed E-state index contributed by atoms with van der Waals surface area (Å²) in [5.41, 5.74) is 1.14. The van der Waals surface area contributed by atoms with Crippen molar-refractivity contribution in [3.05, 3.63) is 81.2 Å². The Morgan fingerprint density at radius 1 is 1.05 bits per heavy atom. The van der Waals surface area contributed by atoms with Gasteiger partial charge in [-0.2, -0.15) is 0 Å². The van der Waals surface area contributed by atoms with E-state index in [4.69, 9.17) is 32.7 Å². The molecule has 2 fully saturated rings. The van der Waals surface area contributed by atoms with Crippen molar-refractivity contribution in [2.75, 3.05) is 6.61 Å². The standard InChI is InChI=1S/C32H41Cl2NO5S/c1-7-26(15-16-41(37,38)21(2)3)35-29(22-11-13-24(33)14-12-22)28(23-9-8-10-25(34)17-23)19-32(6,30(35)36)18-27-20-39-31(4,5)40-27/h8-17,21,26-29H,7,18-20H2,1-6H3/t26-,27?,28+,29?,32-/m0/s1. The van der Waals surface area contributed by atoms with Gasteiger partial charge in [-0.25, -0.2) is 8.42 Å². The normalized spacial score (nSPS) is 27.6. The Hall–Kier alpha value is -1.90. The predicted molar refractivity (Wildman–Crippen MR) is 165 cm³/mol. The zero-order chi connectivity index (χ0) is 30.2. The minimum atomic E-state index is -3.47. The number of likely N-dealkylation sites (tertiary alicyclic amines) is 1. The van der Waals surface area contributed by atoms with Crippen LogP contribution in [0.25, 0.3) is 0 Å². The molecule has 41 heavy (non-hydrogen) atoms. The van der Waals surface area contributed by atoms with Crippen LogP contribution in [0.15, 0.2) is 60.0 Å². The first-order chi connectivity index (χ1) is 19.2. The topological polar surface area (TPSA) is 72.9 Å². The zero-order valence-electron chi connectivity index (χ0n) is 24.6. The number of carbonyl (C=O) groups is 1. The highest BCUT2D eigenvalue weighted by Gasteiger charge is 2.53. The summed E-state index contributed by atoms with van der Waals surface area (Å²) < 4.78 is 37.6. The van der Waals surface area contributed by atoms with Crippen molar-refractivity contribution in [3.8, 4) is 0 Å². The third-order valence-corrected chi connectivity index (χ3v) is 10.6. The fourth-order valence-electron chi connectivity index (χ4n) is 6.08. The van der Waals surface area contributed by atoms with Crippen molar-refractivity contribution in [3.63, 3.8) is 0 Å². The molecule has 2 aliphatic rings. The molecule has 2 saturated heterocycles. The van der Waals surface area contributed by atoms with Crippen molar-refractivity contribution in [1.82, 2.24) is 4.90 Å². The number of benzene rings is 2. The summed E-state index contributed by atoms with van der Waals surface area (Å²) in [6.07, 6.45) is 3.00. The van der Waals surface area contributed by atoms with Gasteiger partial charge in [0.2, 0.25) is 5.91 Å². The highest BCUT2D eigenvalue weighted by Crippen LogP contribution is 2.53. The van der Waals surface area contributed by atoms with Gasteiger partial charge in [0, 0.05) is 26.8 Å². The third kappa shape index (κ3) is 7.19. The summed E-state index contributed by atoms with van der Waals surface area (Å²) in [6.45, 7) is 11.4. The Balaban J connectivity index is 1.88. The van der Waals surface area contributed by atoms with Crippen LogP contribution in [0.4, 0.5) is 0 Å². The maximum atomic E-state index is 14.7. The Bertz CT molecular complexity index is 1370. The number of halogens is 2. The Labute approximate surface area is 254 Å². The molecule has 0 bridgehead atoms. The smallest absolute Gasteiger partial charge is 0.229 e. The van der Waals surface area contributed by atoms with Gasteiger partial charge in [-0.3, -0.25) is 4.79 Å². The molecular formula is C32H41Cl2NO5S. The average molecular weight is 623 g/mol. The second-order valence-corrected chi connectivity index (χ2v) is 15.5. The van der Waals surface area contributed by atoms with E-state index in [-0.39, 0.29) is 24.0 Å². The Morgan fingerprint density at radius 2 is 1.73 bits per heavy atom. The molecule has 5 atom stereocenters. The molecular weight excluding hydrogens is 581 g/mol. The van der Waals surface area contributed by atoms with Crippen LogP contribution in [0.5, 0.6) is 0 Å². The summed E-state index contributed by atoms with van der Waals surface area (Å²) in [7, 11) is -3.47. The van der Waals surface area contributed by atoms with E-state index in [1.54, 1.807) is 19.9 Å². The summed E-state index contributed by atoms with van der Waals surface area (Å²) in [6, 6.07) is 14.5. The number of amides is 1. The molecule has 6 nitrogen and oxygen atoms in total. The summed E-state index contributed by atoms with van der Waals surface area (Å²) in [4.78, 5) is 16.6. The lowest BCUT2D eigenvalue weighted by Gasteiger charge is -2.52. The van der Waals surface area contributed by atoms with Crippen molar-refractivity contribution in [2.24, 2.45) is 5.41 Å². The third-order valence-electron chi connectivity index (χ3n) is 8.26. The van der Waals surface area contributed by atoms with Crippen molar-refractivity contribution in [2.45, 2.75) is 95.9 Å². The highest BCUT2D eigenvalue weighted by molar-refractivity contribution is 7.94. The molecule has 0 aliphatic carbocycles. The number of piperidine rings is 1. The number of sulfone groups is 1. The van der Waals surface area contributed by atoms with Crippen LogP contribution in [0, 0.1) is 5.41 Å². The van der Waals surface area contributed by atoms with E-state index in [0.29, 0.717) is 35.9 Å². The molecule has 4 rings (SSSR count). The van der Waals surface area contributed by atoms with Crippen molar-refractivity contribution < 1.29 is 22.7 Å². The molecule has 2 unspecified atom stereocenters. The molecule has 2 aromatic carbocycles. The second-order valence-electron chi connectivity index (χ2n) is 12.2. The van der Waals surface area contributed by atoms with Crippen LogP contribution >= 0.6 is 23.2 Å². The maximum absolute atomic E-state index is 14.7. The quantitative estimate of drug-likeness (QED) is 0.287. The number of hydrogen-bond donors (Lipinski definition) is 0. The summed E-state index contributed by atoms with van der Waals surface area (Å²) in [5, 5.41) is 1.93. The van der Waals surface area contributed by atoms with E-state index in [2.05, 4.69) is 0 Å². The lowest BCUT2D eigenvalue weighted by Crippen LogP contribution is -2.56. The predicted octanol–water partition coefficient (Wildman–Crippen LogP) is 7.71. The first kappa shape index (κ1) is 32.0. The molecule has 0 N–H and O–H groups in total. The molecule has 2 aromatic rings. The molecule has 1 amide bonds. The number of carbonyl (C=O) groups excluding carboxylic acids is 1. The maximum Gasteiger partial charge on any atom is 0.229 e. The van der Waals surface area contributed by atoms with Gasteiger partial charge in [0.15, 0.2) is 15.6 Å². The second kappa shape index (κ2) is 12.4. The van der Waals surface area contributed by atoms with Crippen LogP contribution in [-0.4, -0.2) is 49.0 Å². The Morgan fingerprint density at radius 3 is 2.29 bits per heavy atom. The SMILES string of the molecule is CC[C@@H](C=CS(=O)(=O)C(C)C)N1C(=O)[C@@](C)(CC2COC(C)(C)O2)C[C@H](c2cccc(Cl)c2)C1c1ccc(Cl)cc1. The monoisotopic (exact) mass is 621 g/mol. The van der Waals surface area contributed by atoms with Crippen LogP contribution in [0.3, 0.4) is 0 Å². The van der Waals surface area contributed by atoms with Crippen LogP contribution in [-0.2, 0) is 24.1 Å². The van der Waals surface area contributed by atoms with E-state index in [1.807, 2.05) is 81.1 Å². The first-order valence-corrected chi connectivity index (χ1v) is 16.6. The van der Waals surface area contributed by atoms with Crippen LogP contribution in [0.1, 0.15) is 83.9 Å².